The number of amides is 2. The van der Waals surface area contributed by atoms with Crippen LogP contribution in [0, 0.1) is 5.82 Å². The normalized spacial score (nSPS) is 10.3. The third kappa shape index (κ3) is 5.88. The third-order valence-electron chi connectivity index (χ3n) is 3.96. The van der Waals surface area contributed by atoms with Crippen molar-refractivity contribution < 1.29 is 18.7 Å². The van der Waals surface area contributed by atoms with Crippen LogP contribution in [0.15, 0.2) is 48.5 Å². The summed E-state index contributed by atoms with van der Waals surface area (Å²) in [5, 5.41) is 2.60. The molecule has 0 bridgehead atoms. The van der Waals surface area contributed by atoms with Crippen molar-refractivity contribution in [3.05, 3.63) is 65.5 Å². The van der Waals surface area contributed by atoms with Gasteiger partial charge < -0.3 is 15.0 Å². The Labute approximate surface area is 152 Å². The molecule has 26 heavy (non-hydrogen) atoms. The van der Waals surface area contributed by atoms with Gasteiger partial charge in [-0.1, -0.05) is 24.3 Å². The molecule has 6 heteroatoms. The third-order valence-corrected chi connectivity index (χ3v) is 3.96. The van der Waals surface area contributed by atoms with Gasteiger partial charge in [0, 0.05) is 13.1 Å². The molecule has 0 saturated carbocycles. The van der Waals surface area contributed by atoms with E-state index in [0.29, 0.717) is 18.7 Å². The topological polar surface area (TPSA) is 58.6 Å². The van der Waals surface area contributed by atoms with E-state index in [1.165, 1.54) is 12.1 Å². The summed E-state index contributed by atoms with van der Waals surface area (Å²) in [5.74, 6) is -0.115. The predicted molar refractivity (Wildman–Crippen MR) is 97.2 cm³/mol. The van der Waals surface area contributed by atoms with Crippen LogP contribution in [0.25, 0.3) is 0 Å². The Morgan fingerprint density at radius 1 is 1.12 bits per heavy atom. The Morgan fingerprint density at radius 2 is 1.85 bits per heavy atom. The first-order chi connectivity index (χ1) is 12.5. The molecule has 2 amide bonds. The number of carbonyl (C=O) groups excluding carboxylic acids is 2. The van der Waals surface area contributed by atoms with Crippen molar-refractivity contribution in [2.45, 2.75) is 19.9 Å². The molecule has 0 atom stereocenters. The molecule has 0 heterocycles. The van der Waals surface area contributed by atoms with E-state index in [9.17, 15) is 14.0 Å². The number of nitrogens with one attached hydrogen (secondary N) is 1. The summed E-state index contributed by atoms with van der Waals surface area (Å²) in [6.45, 7) is 2.79. The Bertz CT molecular complexity index is 747. The van der Waals surface area contributed by atoms with Gasteiger partial charge in [0.05, 0.1) is 20.1 Å². The molecule has 0 spiro atoms. The lowest BCUT2D eigenvalue weighted by molar-refractivity contribution is -0.133. The van der Waals surface area contributed by atoms with E-state index >= 15 is 0 Å². The van der Waals surface area contributed by atoms with Crippen LogP contribution in [0.2, 0.25) is 0 Å². The minimum atomic E-state index is -0.386. The van der Waals surface area contributed by atoms with Gasteiger partial charge in [0.2, 0.25) is 11.8 Å². The van der Waals surface area contributed by atoms with Gasteiger partial charge in [-0.15, -0.1) is 0 Å². The largest absolute Gasteiger partial charge is 0.497 e. The average Bonchev–Trinajstić information content (AvgIpc) is 2.64. The van der Waals surface area contributed by atoms with E-state index in [1.54, 1.807) is 24.1 Å². The molecular weight excluding hydrogens is 335 g/mol. The van der Waals surface area contributed by atoms with Gasteiger partial charge in [0.25, 0.3) is 0 Å². The zero-order chi connectivity index (χ0) is 18.9. The molecule has 0 fully saturated rings. The van der Waals surface area contributed by atoms with Crippen molar-refractivity contribution >= 4 is 11.8 Å². The number of hydrogen-bond donors (Lipinski definition) is 1. The predicted octanol–water partition coefficient (Wildman–Crippen LogP) is 2.54. The second-order valence-corrected chi connectivity index (χ2v) is 5.84. The van der Waals surface area contributed by atoms with E-state index in [4.69, 9.17) is 4.74 Å². The summed E-state index contributed by atoms with van der Waals surface area (Å²) in [4.78, 5) is 25.9. The van der Waals surface area contributed by atoms with Crippen LogP contribution in [0.1, 0.15) is 18.1 Å². The molecule has 2 aromatic carbocycles. The van der Waals surface area contributed by atoms with Gasteiger partial charge in [-0.3, -0.25) is 9.59 Å². The Balaban J connectivity index is 1.84. The van der Waals surface area contributed by atoms with Crippen molar-refractivity contribution in [2.24, 2.45) is 0 Å². The lowest BCUT2D eigenvalue weighted by Crippen LogP contribution is -2.40. The van der Waals surface area contributed by atoms with Crippen molar-refractivity contribution in [1.82, 2.24) is 10.2 Å². The summed E-state index contributed by atoms with van der Waals surface area (Å²) in [6, 6.07) is 13.3. The van der Waals surface area contributed by atoms with E-state index in [2.05, 4.69) is 5.32 Å². The number of ether oxygens (including phenoxy) is 1. The minimum absolute atomic E-state index is 0.0373. The molecule has 2 aromatic rings. The first-order valence-electron chi connectivity index (χ1n) is 8.43. The van der Waals surface area contributed by atoms with Crippen LogP contribution in [0.3, 0.4) is 0 Å². The standard InChI is InChI=1S/C20H23FN2O3/c1-3-23(14-15-7-9-18(26-2)10-8-15)20(25)13-22-19(24)12-16-5-4-6-17(21)11-16/h4-11H,3,12-14H2,1-2H3,(H,22,24). The molecule has 0 aliphatic heterocycles. The molecule has 0 aliphatic carbocycles. The fourth-order valence-electron chi connectivity index (χ4n) is 2.51. The van der Waals surface area contributed by atoms with E-state index in [0.717, 1.165) is 11.3 Å². The maximum Gasteiger partial charge on any atom is 0.242 e. The highest BCUT2D eigenvalue weighted by Gasteiger charge is 2.14. The number of hydrogen-bond acceptors (Lipinski definition) is 3. The second kappa shape index (κ2) is 9.56. The molecule has 0 aliphatic rings. The molecule has 5 nitrogen and oxygen atoms in total. The zero-order valence-electron chi connectivity index (χ0n) is 15.0. The van der Waals surface area contributed by atoms with Gasteiger partial charge in [-0.05, 0) is 42.3 Å². The van der Waals surface area contributed by atoms with E-state index in [-0.39, 0.29) is 30.6 Å². The summed E-state index contributed by atoms with van der Waals surface area (Å²) in [6.07, 6.45) is 0.0373. The molecular formula is C20H23FN2O3. The Kier molecular flexibility index (Phi) is 7.14. The summed E-state index contributed by atoms with van der Waals surface area (Å²) >= 11 is 0. The fraction of sp³-hybridized carbons (Fsp3) is 0.300. The lowest BCUT2D eigenvalue weighted by atomic mass is 10.1. The van der Waals surface area contributed by atoms with Crippen molar-refractivity contribution in [3.8, 4) is 5.75 Å². The van der Waals surface area contributed by atoms with Crippen LogP contribution in [0.5, 0.6) is 5.75 Å². The Hall–Kier alpha value is -2.89. The second-order valence-electron chi connectivity index (χ2n) is 5.84. The molecule has 0 radical (unpaired) electrons. The maximum atomic E-state index is 13.1. The maximum absolute atomic E-state index is 13.1. The van der Waals surface area contributed by atoms with Crippen molar-refractivity contribution in [3.63, 3.8) is 0 Å². The number of methoxy groups -OCH3 is 1. The monoisotopic (exact) mass is 358 g/mol. The van der Waals surface area contributed by atoms with Gasteiger partial charge in [0.15, 0.2) is 0 Å². The van der Waals surface area contributed by atoms with Gasteiger partial charge in [0.1, 0.15) is 11.6 Å². The van der Waals surface area contributed by atoms with E-state index in [1.807, 2.05) is 31.2 Å². The molecule has 138 valence electrons. The van der Waals surface area contributed by atoms with Gasteiger partial charge >= 0.3 is 0 Å². The molecule has 0 unspecified atom stereocenters. The smallest absolute Gasteiger partial charge is 0.242 e. The van der Waals surface area contributed by atoms with E-state index < -0.39 is 0 Å². The van der Waals surface area contributed by atoms with Gasteiger partial charge in [-0.2, -0.15) is 0 Å². The average molecular weight is 358 g/mol. The van der Waals surface area contributed by atoms with Crippen LogP contribution in [-0.2, 0) is 22.6 Å². The van der Waals surface area contributed by atoms with Crippen molar-refractivity contribution in [2.75, 3.05) is 20.2 Å². The van der Waals surface area contributed by atoms with Crippen LogP contribution < -0.4 is 10.1 Å². The summed E-state index contributed by atoms with van der Waals surface area (Å²) in [5.41, 5.74) is 1.55. The number of nitrogens with zero attached hydrogens (tertiary/aromatic N) is 1. The number of rotatable bonds is 8. The number of carbonyl (C=O) groups is 2. The summed E-state index contributed by atoms with van der Waals surface area (Å²) in [7, 11) is 1.60. The minimum Gasteiger partial charge on any atom is -0.497 e. The highest BCUT2D eigenvalue weighted by atomic mass is 19.1. The molecule has 1 N–H and O–H groups in total. The number of benzene rings is 2. The van der Waals surface area contributed by atoms with Crippen LogP contribution in [0.4, 0.5) is 4.39 Å². The highest BCUT2D eigenvalue weighted by molar-refractivity contribution is 5.85. The zero-order valence-corrected chi connectivity index (χ0v) is 15.0. The van der Waals surface area contributed by atoms with Crippen LogP contribution >= 0.6 is 0 Å². The fourth-order valence-corrected chi connectivity index (χ4v) is 2.51. The molecule has 2 rings (SSSR count). The quantitative estimate of drug-likeness (QED) is 0.789. The molecule has 0 aromatic heterocycles. The van der Waals surface area contributed by atoms with Gasteiger partial charge in [-0.25, -0.2) is 4.39 Å². The SMILES string of the molecule is CCN(Cc1ccc(OC)cc1)C(=O)CNC(=O)Cc1cccc(F)c1. The number of likely N-dealkylation sites (N-methyl/N-ethyl adjacent to an activating group) is 1. The number of halogens is 1. The summed E-state index contributed by atoms with van der Waals surface area (Å²) < 4.78 is 18.3. The lowest BCUT2D eigenvalue weighted by Gasteiger charge is -2.21. The first kappa shape index (κ1) is 19.4. The first-order valence-corrected chi connectivity index (χ1v) is 8.43. The van der Waals surface area contributed by atoms with Crippen molar-refractivity contribution in [1.29, 1.82) is 0 Å². The molecule has 0 saturated heterocycles. The highest BCUT2D eigenvalue weighted by Crippen LogP contribution is 2.13. The van der Waals surface area contributed by atoms with Crippen LogP contribution in [-0.4, -0.2) is 36.9 Å². The Morgan fingerprint density at radius 3 is 2.46 bits per heavy atom.